The molecule has 0 spiro atoms. The molecule has 230 valence electrons. The van der Waals surface area contributed by atoms with Crippen molar-refractivity contribution in [3.63, 3.8) is 0 Å². The summed E-state index contributed by atoms with van der Waals surface area (Å²) in [6, 6.07) is 17.1. The number of likely N-dealkylation sites (N-methyl/N-ethyl adjacent to an activating group) is 1. The van der Waals surface area contributed by atoms with Crippen molar-refractivity contribution in [3.8, 4) is 11.5 Å². The standard InChI is InChI=1S/C31H38N4O7S/c1-20-9-15-25(16-10-20)43(39,40)33-27-8-6-7-26-29(27)42-28(21(2)17-35(30(26)37)22(3)19-36)18-34(4)31(38)32-23-11-13-24(41-5)14-12-23/h6-16,21-22,28,33,36H,17-19H2,1-5H3,(H,32,38)/t21-,22-,28+/m0/s1. The number of aliphatic hydroxyl groups excluding tert-OH is 1. The number of anilines is 2. The lowest BCUT2D eigenvalue weighted by Crippen LogP contribution is -2.50. The van der Waals surface area contributed by atoms with Crippen molar-refractivity contribution >= 4 is 33.3 Å². The molecule has 1 aliphatic rings. The fourth-order valence-corrected chi connectivity index (χ4v) is 5.77. The van der Waals surface area contributed by atoms with Gasteiger partial charge >= 0.3 is 6.03 Å². The zero-order valence-electron chi connectivity index (χ0n) is 24.9. The molecule has 4 rings (SSSR count). The van der Waals surface area contributed by atoms with E-state index in [9.17, 15) is 23.1 Å². The van der Waals surface area contributed by atoms with Crippen molar-refractivity contribution in [2.45, 2.75) is 37.8 Å². The number of aliphatic hydroxyl groups is 1. The molecule has 3 N–H and O–H groups in total. The number of carbonyl (C=O) groups excluding carboxylic acids is 2. The molecule has 0 aliphatic carbocycles. The molecular weight excluding hydrogens is 572 g/mol. The molecule has 0 saturated carbocycles. The number of nitrogens with one attached hydrogen (secondary N) is 2. The van der Waals surface area contributed by atoms with Crippen molar-refractivity contribution in [2.75, 3.05) is 43.9 Å². The van der Waals surface area contributed by atoms with Crippen LogP contribution in [0.15, 0.2) is 71.6 Å². The van der Waals surface area contributed by atoms with Gasteiger partial charge in [-0.3, -0.25) is 9.52 Å². The van der Waals surface area contributed by atoms with Crippen LogP contribution < -0.4 is 19.5 Å². The minimum absolute atomic E-state index is 0.0545. The zero-order valence-corrected chi connectivity index (χ0v) is 25.7. The second-order valence-corrected chi connectivity index (χ2v) is 12.4. The van der Waals surface area contributed by atoms with Gasteiger partial charge in [0, 0.05) is 25.2 Å². The van der Waals surface area contributed by atoms with Crippen LogP contribution in [-0.4, -0.2) is 81.3 Å². The number of para-hydroxylation sites is 1. The van der Waals surface area contributed by atoms with E-state index in [1.54, 1.807) is 74.5 Å². The Kier molecular flexibility index (Phi) is 9.82. The number of hydrogen-bond donors (Lipinski definition) is 3. The van der Waals surface area contributed by atoms with Gasteiger partial charge in [0.15, 0.2) is 5.75 Å². The monoisotopic (exact) mass is 610 g/mol. The molecule has 0 unspecified atom stereocenters. The zero-order chi connectivity index (χ0) is 31.3. The minimum atomic E-state index is -4.02. The highest BCUT2D eigenvalue weighted by Crippen LogP contribution is 2.36. The fourth-order valence-electron chi connectivity index (χ4n) is 4.71. The molecule has 3 aromatic carbocycles. The van der Waals surface area contributed by atoms with Crippen LogP contribution in [-0.2, 0) is 10.0 Å². The molecule has 0 bridgehead atoms. The minimum Gasteiger partial charge on any atom is -0.497 e. The molecular formula is C31H38N4O7S. The maximum absolute atomic E-state index is 13.7. The Labute approximate surface area is 252 Å². The first-order valence-corrected chi connectivity index (χ1v) is 15.4. The summed E-state index contributed by atoms with van der Waals surface area (Å²) in [6.07, 6.45) is -0.642. The van der Waals surface area contributed by atoms with Crippen molar-refractivity contribution in [3.05, 3.63) is 77.9 Å². The third-order valence-electron chi connectivity index (χ3n) is 7.41. The molecule has 12 heteroatoms. The van der Waals surface area contributed by atoms with E-state index in [0.717, 1.165) is 5.56 Å². The largest absolute Gasteiger partial charge is 0.497 e. The van der Waals surface area contributed by atoms with Gasteiger partial charge in [-0.2, -0.15) is 0 Å². The number of hydrogen-bond acceptors (Lipinski definition) is 7. The normalized spacial score (nSPS) is 17.5. The number of aryl methyl sites for hydroxylation is 1. The van der Waals surface area contributed by atoms with Crippen LogP contribution in [0.4, 0.5) is 16.2 Å². The third-order valence-corrected chi connectivity index (χ3v) is 8.79. The van der Waals surface area contributed by atoms with Crippen LogP contribution >= 0.6 is 0 Å². The van der Waals surface area contributed by atoms with Gasteiger partial charge in [0.1, 0.15) is 11.9 Å². The Morgan fingerprint density at radius 2 is 1.81 bits per heavy atom. The Morgan fingerprint density at radius 1 is 1.14 bits per heavy atom. The molecule has 0 saturated heterocycles. The van der Waals surface area contributed by atoms with Crippen molar-refractivity contribution in [2.24, 2.45) is 5.92 Å². The van der Waals surface area contributed by atoms with Crippen molar-refractivity contribution in [1.82, 2.24) is 9.80 Å². The topological polar surface area (TPSA) is 138 Å². The van der Waals surface area contributed by atoms with Gasteiger partial charge in [0.25, 0.3) is 15.9 Å². The lowest BCUT2D eigenvalue weighted by atomic mass is 9.99. The van der Waals surface area contributed by atoms with Crippen LogP contribution in [0.25, 0.3) is 0 Å². The molecule has 3 aromatic rings. The molecule has 0 fully saturated rings. The Hall–Kier alpha value is -4.29. The number of fused-ring (bicyclic) bond motifs is 1. The van der Waals surface area contributed by atoms with Crippen LogP contribution in [0.3, 0.4) is 0 Å². The van der Waals surface area contributed by atoms with Crippen LogP contribution in [0.2, 0.25) is 0 Å². The Morgan fingerprint density at radius 3 is 2.44 bits per heavy atom. The van der Waals surface area contributed by atoms with E-state index < -0.39 is 28.1 Å². The summed E-state index contributed by atoms with van der Waals surface area (Å²) >= 11 is 0. The van der Waals surface area contributed by atoms with Crippen LogP contribution in [0.5, 0.6) is 11.5 Å². The Bertz CT molecular complexity index is 1550. The number of nitrogens with zero attached hydrogens (tertiary/aromatic N) is 2. The van der Waals surface area contributed by atoms with Gasteiger partial charge in [0.2, 0.25) is 0 Å². The van der Waals surface area contributed by atoms with Gasteiger partial charge in [-0.05, 0) is 62.4 Å². The van der Waals surface area contributed by atoms with Crippen molar-refractivity contribution < 1.29 is 32.6 Å². The summed E-state index contributed by atoms with van der Waals surface area (Å²) in [5, 5.41) is 12.8. The van der Waals surface area contributed by atoms with E-state index in [2.05, 4.69) is 10.0 Å². The maximum atomic E-state index is 13.7. The number of carbonyl (C=O) groups is 2. The summed E-state index contributed by atoms with van der Waals surface area (Å²) in [6.45, 7) is 5.59. The molecule has 1 heterocycles. The van der Waals surface area contributed by atoms with E-state index in [0.29, 0.717) is 11.4 Å². The second-order valence-electron chi connectivity index (χ2n) is 10.8. The third kappa shape index (κ3) is 7.38. The molecule has 0 aromatic heterocycles. The number of benzene rings is 3. The molecule has 3 atom stereocenters. The number of amides is 3. The Balaban J connectivity index is 1.66. The number of ether oxygens (including phenoxy) is 2. The molecule has 43 heavy (non-hydrogen) atoms. The first kappa shape index (κ1) is 31.6. The van der Waals surface area contributed by atoms with E-state index in [1.165, 1.54) is 23.1 Å². The quantitative estimate of drug-likeness (QED) is 0.330. The lowest BCUT2D eigenvalue weighted by Gasteiger charge is -2.38. The fraction of sp³-hybridized carbons (Fsp3) is 0.355. The number of methoxy groups -OCH3 is 1. The van der Waals surface area contributed by atoms with Gasteiger partial charge in [-0.1, -0.05) is 30.7 Å². The van der Waals surface area contributed by atoms with E-state index in [4.69, 9.17) is 9.47 Å². The highest BCUT2D eigenvalue weighted by molar-refractivity contribution is 7.92. The maximum Gasteiger partial charge on any atom is 0.321 e. The predicted molar refractivity (Wildman–Crippen MR) is 164 cm³/mol. The lowest BCUT2D eigenvalue weighted by molar-refractivity contribution is 0.0373. The first-order valence-electron chi connectivity index (χ1n) is 13.9. The summed E-state index contributed by atoms with van der Waals surface area (Å²) in [7, 11) is -0.837. The van der Waals surface area contributed by atoms with Gasteiger partial charge in [-0.15, -0.1) is 0 Å². The highest BCUT2D eigenvalue weighted by Gasteiger charge is 2.35. The van der Waals surface area contributed by atoms with Gasteiger partial charge < -0.3 is 29.7 Å². The SMILES string of the molecule is COc1ccc(NC(=O)N(C)C[C@H]2Oc3c(NS(=O)(=O)c4ccc(C)cc4)cccc3C(=O)N([C@@H](C)CO)C[C@@H]2C)cc1. The van der Waals surface area contributed by atoms with Crippen LogP contribution in [0.1, 0.15) is 29.8 Å². The van der Waals surface area contributed by atoms with E-state index >= 15 is 0 Å². The number of urea groups is 1. The summed E-state index contributed by atoms with van der Waals surface area (Å²) in [5.41, 5.74) is 1.72. The number of rotatable bonds is 9. The van der Waals surface area contributed by atoms with Crippen LogP contribution in [0, 0.1) is 12.8 Å². The first-order chi connectivity index (χ1) is 20.4. The smallest absolute Gasteiger partial charge is 0.321 e. The van der Waals surface area contributed by atoms with Gasteiger partial charge in [0.05, 0.1) is 42.4 Å². The summed E-state index contributed by atoms with van der Waals surface area (Å²) in [5.74, 6) is 0.0126. The summed E-state index contributed by atoms with van der Waals surface area (Å²) in [4.78, 5) is 29.9. The number of sulfonamides is 1. The molecule has 3 amide bonds. The molecule has 11 nitrogen and oxygen atoms in total. The average Bonchev–Trinajstić information content (AvgIpc) is 2.99. The second kappa shape index (κ2) is 13.3. The van der Waals surface area contributed by atoms with E-state index in [-0.39, 0.29) is 53.5 Å². The predicted octanol–water partition coefficient (Wildman–Crippen LogP) is 4.19. The highest BCUT2D eigenvalue weighted by atomic mass is 32.2. The van der Waals surface area contributed by atoms with Gasteiger partial charge in [-0.25, -0.2) is 13.2 Å². The average molecular weight is 611 g/mol. The summed E-state index contributed by atoms with van der Waals surface area (Å²) < 4.78 is 40.8. The van der Waals surface area contributed by atoms with E-state index in [1.807, 2.05) is 13.8 Å². The van der Waals surface area contributed by atoms with Crippen molar-refractivity contribution in [1.29, 1.82) is 0 Å². The molecule has 1 aliphatic heterocycles. The molecule has 0 radical (unpaired) electrons.